The SMILES string of the molecule is N#Cc1ccc(C(=O)COCCc2cccs2)cc1. The van der Waals surface area contributed by atoms with Crippen molar-refractivity contribution in [1.29, 1.82) is 5.26 Å². The lowest BCUT2D eigenvalue weighted by Gasteiger charge is -2.03. The minimum atomic E-state index is -0.0596. The Labute approximate surface area is 116 Å². The zero-order chi connectivity index (χ0) is 13.5. The summed E-state index contributed by atoms with van der Waals surface area (Å²) in [5.41, 5.74) is 1.13. The molecule has 0 aliphatic rings. The van der Waals surface area contributed by atoms with Crippen molar-refractivity contribution in [2.24, 2.45) is 0 Å². The van der Waals surface area contributed by atoms with Crippen molar-refractivity contribution in [2.75, 3.05) is 13.2 Å². The van der Waals surface area contributed by atoms with Crippen LogP contribution < -0.4 is 0 Å². The average molecular weight is 271 g/mol. The Morgan fingerprint density at radius 3 is 2.68 bits per heavy atom. The lowest BCUT2D eigenvalue weighted by atomic mass is 10.1. The van der Waals surface area contributed by atoms with Crippen molar-refractivity contribution in [3.8, 4) is 6.07 Å². The van der Waals surface area contributed by atoms with E-state index in [0.717, 1.165) is 6.42 Å². The minimum absolute atomic E-state index is 0.0596. The fraction of sp³-hybridized carbons (Fsp3) is 0.200. The number of thiophene rings is 1. The molecule has 0 unspecified atom stereocenters. The quantitative estimate of drug-likeness (QED) is 0.599. The Morgan fingerprint density at radius 1 is 1.26 bits per heavy atom. The molecular formula is C15H13NO2S. The van der Waals surface area contributed by atoms with Crippen molar-refractivity contribution < 1.29 is 9.53 Å². The van der Waals surface area contributed by atoms with E-state index in [0.29, 0.717) is 17.7 Å². The summed E-state index contributed by atoms with van der Waals surface area (Å²) in [5.74, 6) is -0.0596. The van der Waals surface area contributed by atoms with Crippen molar-refractivity contribution in [3.05, 3.63) is 57.8 Å². The number of nitriles is 1. The number of carbonyl (C=O) groups is 1. The normalized spacial score (nSPS) is 10.1. The average Bonchev–Trinajstić information content (AvgIpc) is 2.96. The summed E-state index contributed by atoms with van der Waals surface area (Å²) in [6.07, 6.45) is 0.832. The molecule has 1 heterocycles. The van der Waals surface area contributed by atoms with E-state index in [2.05, 4.69) is 6.07 Å². The molecule has 0 amide bonds. The third-order valence-electron chi connectivity index (χ3n) is 2.64. The molecule has 0 atom stereocenters. The van der Waals surface area contributed by atoms with Crippen LogP contribution in [0.5, 0.6) is 0 Å². The highest BCUT2D eigenvalue weighted by molar-refractivity contribution is 7.09. The van der Waals surface area contributed by atoms with Crippen LogP contribution >= 0.6 is 11.3 Å². The zero-order valence-electron chi connectivity index (χ0n) is 10.3. The molecule has 0 N–H and O–H groups in total. The smallest absolute Gasteiger partial charge is 0.188 e. The Bertz CT molecular complexity index is 567. The predicted octanol–water partition coefficient (Wildman–Crippen LogP) is 3.06. The van der Waals surface area contributed by atoms with Gasteiger partial charge in [-0.1, -0.05) is 18.2 Å². The second kappa shape index (κ2) is 6.83. The van der Waals surface area contributed by atoms with Crippen LogP contribution in [0.25, 0.3) is 0 Å². The number of rotatable bonds is 6. The lowest BCUT2D eigenvalue weighted by molar-refractivity contribution is 0.0766. The van der Waals surface area contributed by atoms with Gasteiger partial charge in [0.2, 0.25) is 0 Å². The molecule has 0 bridgehead atoms. The monoisotopic (exact) mass is 271 g/mol. The molecule has 0 aliphatic heterocycles. The van der Waals surface area contributed by atoms with Gasteiger partial charge in [0.05, 0.1) is 18.2 Å². The van der Waals surface area contributed by atoms with Gasteiger partial charge in [0.25, 0.3) is 0 Å². The van der Waals surface area contributed by atoms with Crippen molar-refractivity contribution in [1.82, 2.24) is 0 Å². The van der Waals surface area contributed by atoms with E-state index in [1.54, 1.807) is 35.6 Å². The van der Waals surface area contributed by atoms with Crippen molar-refractivity contribution in [2.45, 2.75) is 6.42 Å². The summed E-state index contributed by atoms with van der Waals surface area (Å²) >= 11 is 1.69. The van der Waals surface area contributed by atoms with Gasteiger partial charge in [-0.3, -0.25) is 4.79 Å². The second-order valence-corrected chi connectivity index (χ2v) is 5.03. The van der Waals surface area contributed by atoms with E-state index < -0.39 is 0 Å². The first-order valence-corrected chi connectivity index (χ1v) is 6.81. The van der Waals surface area contributed by atoms with Crippen molar-refractivity contribution in [3.63, 3.8) is 0 Å². The Hall–Kier alpha value is -1.96. The molecule has 0 saturated heterocycles. The van der Waals surface area contributed by atoms with Gasteiger partial charge in [0, 0.05) is 16.9 Å². The predicted molar refractivity (Wildman–Crippen MR) is 74.3 cm³/mol. The van der Waals surface area contributed by atoms with Gasteiger partial charge in [0.15, 0.2) is 5.78 Å². The number of ether oxygens (including phenoxy) is 1. The Kier molecular flexibility index (Phi) is 4.85. The maximum absolute atomic E-state index is 11.8. The fourth-order valence-corrected chi connectivity index (χ4v) is 2.30. The highest BCUT2D eigenvalue weighted by Gasteiger charge is 2.06. The van der Waals surface area contributed by atoms with Gasteiger partial charge < -0.3 is 4.74 Å². The maximum Gasteiger partial charge on any atom is 0.188 e. The highest BCUT2D eigenvalue weighted by atomic mass is 32.1. The zero-order valence-corrected chi connectivity index (χ0v) is 11.2. The van der Waals surface area contributed by atoms with Crippen LogP contribution in [0.4, 0.5) is 0 Å². The standard InChI is InChI=1S/C15H13NO2S/c16-10-12-3-5-13(6-4-12)15(17)11-18-8-7-14-2-1-9-19-14/h1-6,9H,7-8,11H2. The second-order valence-electron chi connectivity index (χ2n) is 3.99. The van der Waals surface area contributed by atoms with Gasteiger partial charge in [-0.2, -0.15) is 5.26 Å². The molecular weight excluding hydrogens is 258 g/mol. The lowest BCUT2D eigenvalue weighted by Crippen LogP contribution is -2.10. The number of ketones is 1. The van der Waals surface area contributed by atoms with E-state index in [-0.39, 0.29) is 12.4 Å². The largest absolute Gasteiger partial charge is 0.373 e. The molecule has 19 heavy (non-hydrogen) atoms. The summed E-state index contributed by atoms with van der Waals surface area (Å²) in [6, 6.07) is 12.7. The van der Waals surface area contributed by atoms with Gasteiger partial charge in [-0.15, -0.1) is 11.3 Å². The summed E-state index contributed by atoms with van der Waals surface area (Å²) in [4.78, 5) is 13.1. The van der Waals surface area contributed by atoms with Crippen LogP contribution in [0.2, 0.25) is 0 Å². The van der Waals surface area contributed by atoms with E-state index in [9.17, 15) is 4.79 Å². The number of benzene rings is 1. The molecule has 2 rings (SSSR count). The summed E-state index contributed by atoms with van der Waals surface area (Å²) in [5, 5.41) is 10.7. The van der Waals surface area contributed by atoms with Gasteiger partial charge >= 0.3 is 0 Å². The Morgan fingerprint density at radius 2 is 2.05 bits per heavy atom. The first-order chi connectivity index (χ1) is 9.29. The number of nitrogens with zero attached hydrogens (tertiary/aromatic N) is 1. The van der Waals surface area contributed by atoms with Crippen LogP contribution in [-0.4, -0.2) is 19.0 Å². The molecule has 1 aromatic carbocycles. The molecule has 96 valence electrons. The van der Waals surface area contributed by atoms with Gasteiger partial charge in [-0.25, -0.2) is 0 Å². The summed E-state index contributed by atoms with van der Waals surface area (Å²) < 4.78 is 5.37. The highest BCUT2D eigenvalue weighted by Crippen LogP contribution is 2.09. The van der Waals surface area contributed by atoms with Crippen molar-refractivity contribution >= 4 is 17.1 Å². The molecule has 0 fully saturated rings. The molecule has 3 nitrogen and oxygen atoms in total. The van der Waals surface area contributed by atoms with Crippen LogP contribution in [0.15, 0.2) is 41.8 Å². The molecule has 1 aromatic heterocycles. The maximum atomic E-state index is 11.8. The molecule has 0 radical (unpaired) electrons. The molecule has 2 aromatic rings. The molecule has 4 heteroatoms. The third kappa shape index (κ3) is 4.02. The summed E-state index contributed by atoms with van der Waals surface area (Å²) in [7, 11) is 0. The van der Waals surface area contributed by atoms with Crippen LogP contribution in [-0.2, 0) is 11.2 Å². The Balaban J connectivity index is 1.76. The summed E-state index contributed by atoms with van der Waals surface area (Å²) in [6.45, 7) is 0.625. The molecule has 0 saturated carbocycles. The topological polar surface area (TPSA) is 50.1 Å². The van der Waals surface area contributed by atoms with E-state index in [1.807, 2.05) is 17.5 Å². The third-order valence-corrected chi connectivity index (χ3v) is 3.58. The number of carbonyl (C=O) groups excluding carboxylic acids is 1. The van der Waals surface area contributed by atoms with E-state index in [1.165, 1.54) is 4.88 Å². The first-order valence-electron chi connectivity index (χ1n) is 5.93. The minimum Gasteiger partial charge on any atom is -0.373 e. The van der Waals surface area contributed by atoms with Crippen LogP contribution in [0.3, 0.4) is 0 Å². The molecule has 0 spiro atoms. The number of hydrogen-bond donors (Lipinski definition) is 0. The first kappa shape index (κ1) is 13.5. The van der Waals surface area contributed by atoms with Crippen LogP contribution in [0, 0.1) is 11.3 Å². The van der Waals surface area contributed by atoms with E-state index in [4.69, 9.17) is 10.00 Å². The van der Waals surface area contributed by atoms with E-state index >= 15 is 0 Å². The fourth-order valence-electron chi connectivity index (χ4n) is 1.61. The number of hydrogen-bond acceptors (Lipinski definition) is 4. The number of Topliss-reactive ketones (excluding diaryl/α,β-unsaturated/α-hetero) is 1. The molecule has 0 aliphatic carbocycles. The van der Waals surface area contributed by atoms with Gasteiger partial charge in [0.1, 0.15) is 6.61 Å². The van der Waals surface area contributed by atoms with Crippen LogP contribution in [0.1, 0.15) is 20.8 Å². The van der Waals surface area contributed by atoms with Gasteiger partial charge in [-0.05, 0) is 23.6 Å².